The Morgan fingerprint density at radius 1 is 1.00 bits per heavy atom. The van der Waals surface area contributed by atoms with Crippen LogP contribution in [0.4, 0.5) is 0 Å². The lowest BCUT2D eigenvalue weighted by Gasteiger charge is -2.26. The first-order valence-electron chi connectivity index (χ1n) is 8.81. The van der Waals surface area contributed by atoms with E-state index in [1.165, 1.54) is 53.6 Å². The Balaban J connectivity index is 1.39. The molecule has 0 unspecified atom stereocenters. The summed E-state index contributed by atoms with van der Waals surface area (Å²) in [7, 11) is 0. The van der Waals surface area contributed by atoms with E-state index in [4.69, 9.17) is 4.98 Å². The van der Waals surface area contributed by atoms with Gasteiger partial charge in [-0.3, -0.25) is 9.80 Å². The van der Waals surface area contributed by atoms with E-state index in [-0.39, 0.29) is 0 Å². The second-order valence-electron chi connectivity index (χ2n) is 6.90. The minimum atomic E-state index is 0.983. The molecule has 2 aliphatic rings. The predicted molar refractivity (Wildman–Crippen MR) is 94.5 cm³/mol. The second kappa shape index (κ2) is 6.75. The van der Waals surface area contributed by atoms with Gasteiger partial charge in [-0.15, -0.1) is 11.3 Å². The third kappa shape index (κ3) is 3.67. The second-order valence-corrected chi connectivity index (χ2v) is 8.27. The van der Waals surface area contributed by atoms with Gasteiger partial charge in [0.15, 0.2) is 0 Å². The summed E-state index contributed by atoms with van der Waals surface area (Å²) in [4.78, 5) is 12.9. The Bertz CT molecular complexity index is 654. The molecule has 0 atom stereocenters. The van der Waals surface area contributed by atoms with Crippen molar-refractivity contribution in [2.75, 3.05) is 19.6 Å². The molecule has 5 heteroatoms. The Morgan fingerprint density at radius 3 is 2.65 bits per heavy atom. The monoisotopic (exact) mass is 330 g/mol. The van der Waals surface area contributed by atoms with Crippen LogP contribution in [0, 0.1) is 6.92 Å². The first-order valence-corrected chi connectivity index (χ1v) is 9.63. The van der Waals surface area contributed by atoms with E-state index < -0.39 is 0 Å². The lowest BCUT2D eigenvalue weighted by molar-refractivity contribution is 0.210. The maximum atomic E-state index is 4.92. The highest BCUT2D eigenvalue weighted by Gasteiger charge is 2.20. The molecular weight excluding hydrogens is 304 g/mol. The highest BCUT2D eigenvalue weighted by Crippen LogP contribution is 2.21. The van der Waals surface area contributed by atoms with Crippen LogP contribution in [0.25, 0.3) is 0 Å². The molecule has 0 spiro atoms. The number of aromatic nitrogens is 2. The molecule has 23 heavy (non-hydrogen) atoms. The van der Waals surface area contributed by atoms with E-state index >= 15 is 0 Å². The third-order valence-corrected chi connectivity index (χ3v) is 5.93. The van der Waals surface area contributed by atoms with E-state index in [2.05, 4.69) is 39.6 Å². The average molecular weight is 331 g/mol. The number of aryl methyl sites for hydroxylation is 1. The Labute approximate surface area is 142 Å². The zero-order chi connectivity index (χ0) is 15.6. The molecule has 0 bridgehead atoms. The highest BCUT2D eigenvalue weighted by molar-refractivity contribution is 7.11. The Hall–Kier alpha value is -1.17. The first kappa shape index (κ1) is 15.4. The van der Waals surface area contributed by atoms with Gasteiger partial charge in [-0.2, -0.15) is 0 Å². The van der Waals surface area contributed by atoms with Crippen LogP contribution in [0.3, 0.4) is 0 Å². The maximum Gasteiger partial charge on any atom is 0.123 e. The molecule has 4 nitrogen and oxygen atoms in total. The molecule has 1 fully saturated rings. The molecular formula is C18H26N4S. The molecule has 0 saturated carbocycles. The van der Waals surface area contributed by atoms with Gasteiger partial charge in [-0.1, -0.05) is 6.42 Å². The van der Waals surface area contributed by atoms with Gasteiger partial charge in [0.05, 0.1) is 12.2 Å². The fraction of sp³-hybridized carbons (Fsp3) is 0.611. The summed E-state index contributed by atoms with van der Waals surface area (Å²) in [6.45, 7) is 9.95. The minimum Gasteiger partial charge on any atom is -0.332 e. The standard InChI is InChI=1S/C18H26N4S/c1-15-5-6-17(23-15)13-21-9-10-22-12-16(19-18(22)14-21)11-20-7-3-2-4-8-20/h5-6,12H,2-4,7-11,13-14H2,1H3. The molecule has 4 heterocycles. The molecule has 4 rings (SSSR count). The lowest BCUT2D eigenvalue weighted by Crippen LogP contribution is -2.32. The van der Waals surface area contributed by atoms with E-state index in [0.717, 1.165) is 32.7 Å². The molecule has 0 aromatic carbocycles. The fourth-order valence-electron chi connectivity index (χ4n) is 3.71. The van der Waals surface area contributed by atoms with Crippen LogP contribution in [0.1, 0.15) is 40.5 Å². The van der Waals surface area contributed by atoms with Crippen molar-refractivity contribution in [1.29, 1.82) is 0 Å². The number of piperidine rings is 1. The summed E-state index contributed by atoms with van der Waals surface area (Å²) in [6.07, 6.45) is 6.38. The number of thiophene rings is 1. The van der Waals surface area contributed by atoms with Crippen LogP contribution in [0.5, 0.6) is 0 Å². The number of nitrogens with zero attached hydrogens (tertiary/aromatic N) is 4. The van der Waals surface area contributed by atoms with Gasteiger partial charge in [-0.05, 0) is 45.0 Å². The number of imidazole rings is 1. The number of likely N-dealkylation sites (tertiary alicyclic amines) is 1. The molecule has 124 valence electrons. The molecule has 0 amide bonds. The van der Waals surface area contributed by atoms with E-state index in [9.17, 15) is 0 Å². The minimum absolute atomic E-state index is 0.983. The number of hydrogen-bond acceptors (Lipinski definition) is 4. The van der Waals surface area contributed by atoms with Crippen molar-refractivity contribution in [2.24, 2.45) is 0 Å². The summed E-state index contributed by atoms with van der Waals surface area (Å²) in [5.41, 5.74) is 1.26. The first-order chi connectivity index (χ1) is 11.3. The van der Waals surface area contributed by atoms with Gasteiger partial charge in [-0.25, -0.2) is 4.98 Å². The summed E-state index contributed by atoms with van der Waals surface area (Å²) < 4.78 is 2.37. The van der Waals surface area contributed by atoms with Crippen LogP contribution in [0.2, 0.25) is 0 Å². The average Bonchev–Trinajstić information content (AvgIpc) is 3.13. The zero-order valence-corrected chi connectivity index (χ0v) is 14.8. The normalized spacial score (nSPS) is 19.9. The van der Waals surface area contributed by atoms with Crippen molar-refractivity contribution in [3.8, 4) is 0 Å². The molecule has 0 N–H and O–H groups in total. The summed E-state index contributed by atoms with van der Waals surface area (Å²) >= 11 is 1.92. The van der Waals surface area contributed by atoms with Gasteiger partial charge in [0.25, 0.3) is 0 Å². The van der Waals surface area contributed by atoms with Gasteiger partial charge >= 0.3 is 0 Å². The van der Waals surface area contributed by atoms with Crippen LogP contribution in [0.15, 0.2) is 18.3 Å². The summed E-state index contributed by atoms with van der Waals surface area (Å²) in [5.74, 6) is 1.25. The van der Waals surface area contributed by atoms with Gasteiger partial charge < -0.3 is 4.57 Å². The molecule has 1 saturated heterocycles. The van der Waals surface area contributed by atoms with Gasteiger partial charge in [0.2, 0.25) is 0 Å². The highest BCUT2D eigenvalue weighted by atomic mass is 32.1. The largest absolute Gasteiger partial charge is 0.332 e. The maximum absolute atomic E-state index is 4.92. The molecule has 0 radical (unpaired) electrons. The van der Waals surface area contributed by atoms with Gasteiger partial charge in [0.1, 0.15) is 5.82 Å². The van der Waals surface area contributed by atoms with Crippen LogP contribution >= 0.6 is 11.3 Å². The van der Waals surface area contributed by atoms with E-state index in [1.807, 2.05) is 11.3 Å². The fourth-order valence-corrected chi connectivity index (χ4v) is 4.64. The molecule has 2 aromatic rings. The van der Waals surface area contributed by atoms with Crippen molar-refractivity contribution < 1.29 is 0 Å². The quantitative estimate of drug-likeness (QED) is 0.860. The SMILES string of the molecule is Cc1ccc(CN2CCn3cc(CN4CCCCC4)nc3C2)s1. The molecule has 2 aromatic heterocycles. The number of hydrogen-bond donors (Lipinski definition) is 0. The van der Waals surface area contributed by atoms with E-state index in [1.54, 1.807) is 0 Å². The smallest absolute Gasteiger partial charge is 0.123 e. The number of rotatable bonds is 4. The van der Waals surface area contributed by atoms with Gasteiger partial charge in [0, 0.05) is 42.1 Å². The van der Waals surface area contributed by atoms with Crippen LogP contribution < -0.4 is 0 Å². The molecule has 2 aliphatic heterocycles. The van der Waals surface area contributed by atoms with Crippen LogP contribution in [-0.2, 0) is 26.2 Å². The summed E-state index contributed by atoms with van der Waals surface area (Å²) in [5, 5.41) is 0. The lowest BCUT2D eigenvalue weighted by atomic mass is 10.1. The molecule has 0 aliphatic carbocycles. The third-order valence-electron chi connectivity index (χ3n) is 4.94. The topological polar surface area (TPSA) is 24.3 Å². The summed E-state index contributed by atoms with van der Waals surface area (Å²) in [6, 6.07) is 4.49. The van der Waals surface area contributed by atoms with Crippen molar-refractivity contribution >= 4 is 11.3 Å². The zero-order valence-electron chi connectivity index (χ0n) is 14.0. The Kier molecular flexibility index (Phi) is 4.51. The van der Waals surface area contributed by atoms with Crippen molar-refractivity contribution in [1.82, 2.24) is 19.4 Å². The van der Waals surface area contributed by atoms with Crippen LogP contribution in [-0.4, -0.2) is 39.0 Å². The van der Waals surface area contributed by atoms with E-state index in [0.29, 0.717) is 0 Å². The predicted octanol–water partition coefficient (Wildman–Crippen LogP) is 3.25. The Morgan fingerprint density at radius 2 is 1.87 bits per heavy atom. The van der Waals surface area contributed by atoms with Crippen molar-refractivity contribution in [2.45, 2.75) is 52.4 Å². The van der Waals surface area contributed by atoms with Crippen molar-refractivity contribution in [3.05, 3.63) is 39.6 Å². The van der Waals surface area contributed by atoms with Crippen molar-refractivity contribution in [3.63, 3.8) is 0 Å². The number of fused-ring (bicyclic) bond motifs is 1.